The summed E-state index contributed by atoms with van der Waals surface area (Å²) in [6, 6.07) is 27.8. The molecule has 0 atom stereocenters. The number of methoxy groups -OCH3 is 1. The lowest BCUT2D eigenvalue weighted by molar-refractivity contribution is -0.291. The molecule has 6 rings (SSSR count). The SMILES string of the molecule is COc1c(F)c(F)c(C(c2c(F)c(F)c(Oc3ccc(Sc4ccc(-c5ccc(Sc6ccc(C)cc6)cc5)cc4)cc3)c(F)c2F)(C(F)(F)F)C(F)(F)F)c(F)c1F. The van der Waals surface area contributed by atoms with E-state index < -0.39 is 92.7 Å². The van der Waals surface area contributed by atoms with Crippen molar-refractivity contribution in [1.82, 2.24) is 0 Å². The van der Waals surface area contributed by atoms with E-state index in [0.29, 0.717) is 16.9 Å². The summed E-state index contributed by atoms with van der Waals surface area (Å²) in [5, 5.41) is 0. The van der Waals surface area contributed by atoms with Gasteiger partial charge in [0.15, 0.2) is 29.0 Å². The molecule has 308 valence electrons. The fourth-order valence-corrected chi connectivity index (χ4v) is 7.64. The second kappa shape index (κ2) is 16.4. The minimum atomic E-state index is -7.38. The largest absolute Gasteiger partial charge is 0.491 e. The molecule has 0 spiro atoms. The predicted octanol–water partition coefficient (Wildman–Crippen LogP) is 14.3. The van der Waals surface area contributed by atoms with Crippen molar-refractivity contribution in [2.24, 2.45) is 0 Å². The molecule has 0 unspecified atom stereocenters. The summed E-state index contributed by atoms with van der Waals surface area (Å²) >= 11 is 2.78. The van der Waals surface area contributed by atoms with Gasteiger partial charge in [-0.2, -0.15) is 43.9 Å². The number of rotatable bonds is 10. The molecule has 0 saturated heterocycles. The van der Waals surface area contributed by atoms with Gasteiger partial charge in [0, 0.05) is 19.6 Å². The van der Waals surface area contributed by atoms with E-state index in [-0.39, 0.29) is 0 Å². The van der Waals surface area contributed by atoms with Crippen LogP contribution in [0, 0.1) is 53.5 Å². The number of hydrogen-bond donors (Lipinski definition) is 0. The van der Waals surface area contributed by atoms with Gasteiger partial charge in [-0.25, -0.2) is 17.6 Å². The minimum absolute atomic E-state index is 0.322. The molecule has 0 amide bonds. The summed E-state index contributed by atoms with van der Waals surface area (Å²) in [5.74, 6) is -31.0. The van der Waals surface area contributed by atoms with E-state index in [4.69, 9.17) is 4.74 Å². The Balaban J connectivity index is 1.26. The average molecular weight is 877 g/mol. The molecule has 0 radical (unpaired) electrons. The zero-order valence-corrected chi connectivity index (χ0v) is 31.3. The maximum atomic E-state index is 15.5. The molecule has 0 aliphatic carbocycles. The summed E-state index contributed by atoms with van der Waals surface area (Å²) in [7, 11) is 0.322. The van der Waals surface area contributed by atoms with Crippen LogP contribution in [0.3, 0.4) is 0 Å². The van der Waals surface area contributed by atoms with Crippen molar-refractivity contribution in [3.8, 4) is 28.4 Å². The minimum Gasteiger partial charge on any atom is -0.491 e. The Morgan fingerprint density at radius 2 is 0.712 bits per heavy atom. The van der Waals surface area contributed by atoms with Crippen molar-refractivity contribution >= 4 is 23.5 Å². The van der Waals surface area contributed by atoms with Gasteiger partial charge in [0.25, 0.3) is 0 Å². The van der Waals surface area contributed by atoms with E-state index in [1.807, 2.05) is 67.6 Å². The maximum absolute atomic E-state index is 15.5. The molecule has 0 fully saturated rings. The van der Waals surface area contributed by atoms with Crippen LogP contribution in [0.1, 0.15) is 16.7 Å². The van der Waals surface area contributed by atoms with Gasteiger partial charge in [0.2, 0.25) is 34.4 Å². The summed E-state index contributed by atoms with van der Waals surface area (Å²) in [6.07, 6.45) is -14.8. The van der Waals surface area contributed by atoms with Crippen LogP contribution >= 0.6 is 23.5 Å². The lowest BCUT2D eigenvalue weighted by Gasteiger charge is -2.39. The second-order valence-corrected chi connectivity index (χ2v) is 14.8. The monoisotopic (exact) mass is 876 g/mol. The Hall–Kier alpha value is -5.36. The fraction of sp³-hybridized carbons (Fsp3) is 0.122. The van der Waals surface area contributed by atoms with Crippen LogP contribution in [0.4, 0.5) is 61.5 Å². The Labute approximate surface area is 333 Å². The van der Waals surface area contributed by atoms with Gasteiger partial charge < -0.3 is 9.47 Å². The standard InChI is InChI=1S/C41H22F14O2S2/c1-19-3-11-23(12-4-19)58-24-13-5-20(6-14-24)21-7-15-25(16-8-21)59-26-17-9-22(10-18-26)57-38-35(48)31(44)28(32(45)36(38)49)39(40(50,51)52,41(53,54)55)27-29(42)33(46)37(56-2)34(47)30(27)43/h3-18H,1-2H3. The van der Waals surface area contributed by atoms with Crippen LogP contribution in [-0.4, -0.2) is 19.5 Å². The van der Waals surface area contributed by atoms with Gasteiger partial charge in [-0.3, -0.25) is 0 Å². The average Bonchev–Trinajstić information content (AvgIpc) is 3.19. The highest BCUT2D eigenvalue weighted by molar-refractivity contribution is 7.99. The third-order valence-electron chi connectivity index (χ3n) is 8.83. The normalized spacial score (nSPS) is 12.2. The van der Waals surface area contributed by atoms with Gasteiger partial charge in [-0.15, -0.1) is 0 Å². The summed E-state index contributed by atoms with van der Waals surface area (Å²) in [4.78, 5) is 3.28. The second-order valence-electron chi connectivity index (χ2n) is 12.5. The molecular formula is C41H22F14O2S2. The number of benzene rings is 6. The zero-order valence-electron chi connectivity index (χ0n) is 29.7. The van der Waals surface area contributed by atoms with E-state index in [1.54, 1.807) is 23.9 Å². The van der Waals surface area contributed by atoms with Crippen molar-refractivity contribution in [3.05, 3.63) is 160 Å². The van der Waals surface area contributed by atoms with Crippen LogP contribution in [0.15, 0.2) is 117 Å². The summed E-state index contributed by atoms with van der Waals surface area (Å²) < 4.78 is 217. The fourth-order valence-electron chi connectivity index (χ4n) is 6.01. The van der Waals surface area contributed by atoms with Crippen molar-refractivity contribution in [3.63, 3.8) is 0 Å². The van der Waals surface area contributed by atoms with Gasteiger partial charge in [0.05, 0.1) is 18.2 Å². The topological polar surface area (TPSA) is 18.5 Å². The highest BCUT2D eigenvalue weighted by atomic mass is 32.2. The number of alkyl halides is 6. The number of hydrogen-bond acceptors (Lipinski definition) is 4. The smallest absolute Gasteiger partial charge is 0.411 e. The number of aryl methyl sites for hydroxylation is 1. The van der Waals surface area contributed by atoms with Crippen molar-refractivity contribution in [2.75, 3.05) is 7.11 Å². The van der Waals surface area contributed by atoms with Gasteiger partial charge in [-0.1, -0.05) is 65.5 Å². The van der Waals surface area contributed by atoms with Crippen LogP contribution in [0.2, 0.25) is 0 Å². The predicted molar refractivity (Wildman–Crippen MR) is 190 cm³/mol. The van der Waals surface area contributed by atoms with Crippen LogP contribution in [0.25, 0.3) is 11.1 Å². The molecule has 0 aliphatic heterocycles. The van der Waals surface area contributed by atoms with Crippen molar-refractivity contribution in [1.29, 1.82) is 0 Å². The first-order valence-electron chi connectivity index (χ1n) is 16.5. The van der Waals surface area contributed by atoms with Crippen molar-refractivity contribution in [2.45, 2.75) is 44.3 Å². The third kappa shape index (κ3) is 7.91. The molecule has 2 nitrogen and oxygen atoms in total. The first-order chi connectivity index (χ1) is 27.7. The molecule has 6 aromatic carbocycles. The third-order valence-corrected chi connectivity index (χ3v) is 10.9. The van der Waals surface area contributed by atoms with Gasteiger partial charge in [-0.05, 0) is 78.7 Å². The number of ether oxygens (including phenoxy) is 2. The molecule has 0 aromatic heterocycles. The first-order valence-corrected chi connectivity index (χ1v) is 18.2. The number of halogens is 14. The Morgan fingerprint density at radius 1 is 0.407 bits per heavy atom. The zero-order chi connectivity index (χ0) is 43.2. The highest BCUT2D eigenvalue weighted by Crippen LogP contribution is 2.60. The van der Waals surface area contributed by atoms with Gasteiger partial charge >= 0.3 is 12.4 Å². The van der Waals surface area contributed by atoms with Crippen LogP contribution < -0.4 is 9.47 Å². The Morgan fingerprint density at radius 3 is 1.03 bits per heavy atom. The van der Waals surface area contributed by atoms with E-state index in [9.17, 15) is 43.9 Å². The molecule has 59 heavy (non-hydrogen) atoms. The van der Waals surface area contributed by atoms with Crippen LogP contribution in [-0.2, 0) is 5.41 Å². The highest BCUT2D eigenvalue weighted by Gasteiger charge is 2.77. The molecule has 0 saturated carbocycles. The molecule has 0 aliphatic rings. The van der Waals surface area contributed by atoms with Crippen LogP contribution in [0.5, 0.6) is 17.2 Å². The lowest BCUT2D eigenvalue weighted by atomic mass is 9.71. The summed E-state index contributed by atoms with van der Waals surface area (Å²) in [5.41, 5.74) is -11.3. The Bertz CT molecular complexity index is 2430. The summed E-state index contributed by atoms with van der Waals surface area (Å²) in [6.45, 7) is 2.00. The maximum Gasteiger partial charge on any atom is 0.411 e. The molecule has 18 heteroatoms. The van der Waals surface area contributed by atoms with E-state index in [2.05, 4.69) is 4.74 Å². The van der Waals surface area contributed by atoms with E-state index >= 15 is 17.6 Å². The lowest BCUT2D eigenvalue weighted by Crippen LogP contribution is -2.57. The quantitative estimate of drug-likeness (QED) is 0.101. The molecule has 0 heterocycles. The first kappa shape index (κ1) is 43.2. The molecule has 0 N–H and O–H groups in total. The molecule has 6 aromatic rings. The van der Waals surface area contributed by atoms with Crippen molar-refractivity contribution < 1.29 is 70.9 Å². The van der Waals surface area contributed by atoms with E-state index in [1.165, 1.54) is 23.9 Å². The van der Waals surface area contributed by atoms with E-state index in [0.717, 1.165) is 38.6 Å². The van der Waals surface area contributed by atoms with Gasteiger partial charge in [0.1, 0.15) is 5.75 Å². The Kier molecular flexibility index (Phi) is 12.0. The molecule has 0 bridgehead atoms. The molecular weight excluding hydrogens is 855 g/mol.